The summed E-state index contributed by atoms with van der Waals surface area (Å²) < 4.78 is 7.42. The second-order valence-corrected chi connectivity index (χ2v) is 4.80. The molecule has 0 atom stereocenters. The SMILES string of the molecule is CCOCSc1nnc(C)n1-c1ccccc1C. The lowest BCUT2D eigenvalue weighted by Crippen LogP contribution is -2.02. The fourth-order valence-electron chi connectivity index (χ4n) is 1.71. The van der Waals surface area contributed by atoms with Crippen LogP contribution in [0.5, 0.6) is 0 Å². The predicted molar refractivity (Wildman–Crippen MR) is 73.2 cm³/mol. The van der Waals surface area contributed by atoms with Crippen LogP contribution in [0.4, 0.5) is 0 Å². The number of hydrogen-bond acceptors (Lipinski definition) is 4. The van der Waals surface area contributed by atoms with Gasteiger partial charge in [0.15, 0.2) is 5.16 Å². The van der Waals surface area contributed by atoms with Crippen LogP contribution in [-0.2, 0) is 4.74 Å². The van der Waals surface area contributed by atoms with Gasteiger partial charge in [0.25, 0.3) is 0 Å². The molecule has 0 bridgehead atoms. The van der Waals surface area contributed by atoms with Gasteiger partial charge in [-0.2, -0.15) is 0 Å². The predicted octanol–water partition coefficient (Wildman–Crippen LogP) is 2.97. The van der Waals surface area contributed by atoms with Crippen LogP contribution in [0, 0.1) is 13.8 Å². The molecule has 0 saturated carbocycles. The van der Waals surface area contributed by atoms with E-state index in [0.717, 1.165) is 16.7 Å². The van der Waals surface area contributed by atoms with E-state index in [-0.39, 0.29) is 0 Å². The topological polar surface area (TPSA) is 39.9 Å². The Morgan fingerprint density at radius 1 is 1.22 bits per heavy atom. The minimum Gasteiger partial charge on any atom is -0.371 e. The maximum absolute atomic E-state index is 5.35. The Hall–Kier alpha value is -1.33. The van der Waals surface area contributed by atoms with Gasteiger partial charge in [-0.25, -0.2) is 0 Å². The van der Waals surface area contributed by atoms with Crippen molar-refractivity contribution < 1.29 is 4.74 Å². The molecule has 0 radical (unpaired) electrons. The number of aromatic nitrogens is 3. The van der Waals surface area contributed by atoms with Crippen molar-refractivity contribution in [2.45, 2.75) is 25.9 Å². The van der Waals surface area contributed by atoms with Crippen LogP contribution in [0.3, 0.4) is 0 Å². The lowest BCUT2D eigenvalue weighted by atomic mass is 10.2. The minimum absolute atomic E-state index is 0.598. The van der Waals surface area contributed by atoms with Crippen molar-refractivity contribution in [1.82, 2.24) is 14.8 Å². The highest BCUT2D eigenvalue weighted by Gasteiger charge is 2.12. The molecular weight excluding hydrogens is 246 g/mol. The number of rotatable bonds is 5. The third-order valence-electron chi connectivity index (χ3n) is 2.63. The van der Waals surface area contributed by atoms with Crippen LogP contribution in [0.2, 0.25) is 0 Å². The molecule has 4 nitrogen and oxygen atoms in total. The molecule has 18 heavy (non-hydrogen) atoms. The van der Waals surface area contributed by atoms with Crippen LogP contribution in [0.25, 0.3) is 5.69 Å². The highest BCUT2D eigenvalue weighted by atomic mass is 32.2. The minimum atomic E-state index is 0.598. The molecule has 0 fully saturated rings. The zero-order valence-electron chi connectivity index (χ0n) is 10.9. The Morgan fingerprint density at radius 3 is 2.72 bits per heavy atom. The van der Waals surface area contributed by atoms with Gasteiger partial charge < -0.3 is 4.74 Å². The fourth-order valence-corrected chi connectivity index (χ4v) is 2.52. The first-order valence-electron chi connectivity index (χ1n) is 5.92. The van der Waals surface area contributed by atoms with E-state index in [0.29, 0.717) is 12.5 Å². The molecule has 0 aliphatic carbocycles. The zero-order chi connectivity index (χ0) is 13.0. The van der Waals surface area contributed by atoms with Gasteiger partial charge in [-0.1, -0.05) is 30.0 Å². The first kappa shape index (κ1) is 13.1. The second kappa shape index (κ2) is 6.02. The number of ether oxygens (including phenoxy) is 1. The summed E-state index contributed by atoms with van der Waals surface area (Å²) in [5.74, 6) is 1.49. The molecule has 0 aliphatic rings. The average Bonchev–Trinajstić information content (AvgIpc) is 2.72. The summed E-state index contributed by atoms with van der Waals surface area (Å²) in [6, 6.07) is 8.23. The van der Waals surface area contributed by atoms with E-state index in [1.165, 1.54) is 5.56 Å². The van der Waals surface area contributed by atoms with Gasteiger partial charge in [0, 0.05) is 6.61 Å². The average molecular weight is 263 g/mol. The van der Waals surface area contributed by atoms with Gasteiger partial charge in [-0.15, -0.1) is 10.2 Å². The van der Waals surface area contributed by atoms with Crippen molar-refractivity contribution in [2.24, 2.45) is 0 Å². The molecule has 2 rings (SSSR count). The molecule has 0 amide bonds. The van der Waals surface area contributed by atoms with Gasteiger partial charge in [0.1, 0.15) is 5.82 Å². The van der Waals surface area contributed by atoms with Crippen LogP contribution in [0.15, 0.2) is 29.4 Å². The molecule has 0 N–H and O–H groups in total. The molecule has 1 heterocycles. The summed E-state index contributed by atoms with van der Waals surface area (Å²) in [6.45, 7) is 6.75. The van der Waals surface area contributed by atoms with E-state index in [1.54, 1.807) is 11.8 Å². The number of hydrogen-bond donors (Lipinski definition) is 0. The molecule has 96 valence electrons. The summed E-state index contributed by atoms with van der Waals surface area (Å²) in [4.78, 5) is 0. The Balaban J connectivity index is 2.32. The lowest BCUT2D eigenvalue weighted by Gasteiger charge is -2.10. The molecular formula is C13H17N3OS. The van der Waals surface area contributed by atoms with Crippen molar-refractivity contribution in [3.63, 3.8) is 0 Å². The van der Waals surface area contributed by atoms with E-state index in [1.807, 2.05) is 26.0 Å². The van der Waals surface area contributed by atoms with Crippen molar-refractivity contribution in [1.29, 1.82) is 0 Å². The number of benzene rings is 1. The Morgan fingerprint density at radius 2 is 2.00 bits per heavy atom. The molecule has 0 saturated heterocycles. The van der Waals surface area contributed by atoms with Crippen LogP contribution in [0.1, 0.15) is 18.3 Å². The zero-order valence-corrected chi connectivity index (χ0v) is 11.7. The highest BCUT2D eigenvalue weighted by Crippen LogP contribution is 2.23. The Kier molecular flexibility index (Phi) is 4.38. The number of para-hydroxylation sites is 1. The van der Waals surface area contributed by atoms with E-state index in [2.05, 4.69) is 33.8 Å². The molecule has 5 heteroatoms. The van der Waals surface area contributed by atoms with Crippen molar-refractivity contribution >= 4 is 11.8 Å². The van der Waals surface area contributed by atoms with Crippen molar-refractivity contribution in [3.05, 3.63) is 35.7 Å². The lowest BCUT2D eigenvalue weighted by molar-refractivity contribution is 0.199. The maximum Gasteiger partial charge on any atom is 0.198 e. The second-order valence-electron chi connectivity index (χ2n) is 3.91. The van der Waals surface area contributed by atoms with Gasteiger partial charge in [0.05, 0.1) is 11.6 Å². The van der Waals surface area contributed by atoms with Crippen molar-refractivity contribution in [2.75, 3.05) is 12.5 Å². The molecule has 1 aromatic heterocycles. The first-order chi connectivity index (χ1) is 8.74. The normalized spacial score (nSPS) is 10.8. The van der Waals surface area contributed by atoms with Gasteiger partial charge in [-0.05, 0) is 32.4 Å². The molecule has 2 aromatic rings. The number of nitrogens with zero attached hydrogens (tertiary/aromatic N) is 3. The number of thioether (sulfide) groups is 1. The molecule has 0 unspecified atom stereocenters. The monoisotopic (exact) mass is 263 g/mol. The van der Waals surface area contributed by atoms with Crippen LogP contribution >= 0.6 is 11.8 Å². The van der Waals surface area contributed by atoms with E-state index < -0.39 is 0 Å². The number of aryl methyl sites for hydroxylation is 2. The quantitative estimate of drug-likeness (QED) is 0.472. The molecule has 0 aliphatic heterocycles. The fraction of sp³-hybridized carbons (Fsp3) is 0.385. The van der Waals surface area contributed by atoms with E-state index in [9.17, 15) is 0 Å². The summed E-state index contributed by atoms with van der Waals surface area (Å²) in [6.07, 6.45) is 0. The Labute approximate surface area is 111 Å². The van der Waals surface area contributed by atoms with E-state index >= 15 is 0 Å². The first-order valence-corrected chi connectivity index (χ1v) is 6.91. The summed E-state index contributed by atoms with van der Waals surface area (Å²) >= 11 is 1.56. The summed E-state index contributed by atoms with van der Waals surface area (Å²) in [7, 11) is 0. The standard InChI is InChI=1S/C13H17N3OS/c1-4-17-9-18-13-15-14-11(3)16(13)12-8-6-5-7-10(12)2/h5-8H,4,9H2,1-3H3. The summed E-state index contributed by atoms with van der Waals surface area (Å²) in [5, 5.41) is 9.22. The third-order valence-corrected chi connectivity index (χ3v) is 3.43. The molecule has 0 spiro atoms. The third kappa shape index (κ3) is 2.73. The summed E-state index contributed by atoms with van der Waals surface area (Å²) in [5.41, 5.74) is 2.33. The highest BCUT2D eigenvalue weighted by molar-refractivity contribution is 7.99. The van der Waals surface area contributed by atoms with Crippen LogP contribution in [-0.4, -0.2) is 27.3 Å². The smallest absolute Gasteiger partial charge is 0.198 e. The van der Waals surface area contributed by atoms with Gasteiger partial charge >= 0.3 is 0 Å². The molecule has 1 aromatic carbocycles. The van der Waals surface area contributed by atoms with Crippen LogP contribution < -0.4 is 0 Å². The maximum atomic E-state index is 5.35. The van der Waals surface area contributed by atoms with Crippen molar-refractivity contribution in [3.8, 4) is 5.69 Å². The van der Waals surface area contributed by atoms with Gasteiger partial charge in [-0.3, -0.25) is 4.57 Å². The van der Waals surface area contributed by atoms with E-state index in [4.69, 9.17) is 4.74 Å². The van der Waals surface area contributed by atoms with Gasteiger partial charge in [0.2, 0.25) is 0 Å². The largest absolute Gasteiger partial charge is 0.371 e. The Bertz CT molecular complexity index is 525.